The van der Waals surface area contributed by atoms with E-state index in [1.54, 1.807) is 31.4 Å². The van der Waals surface area contributed by atoms with Gasteiger partial charge in [-0.1, -0.05) is 6.07 Å². The average molecular weight is 419 g/mol. The first-order chi connectivity index (χ1) is 13.7. The monoisotopic (exact) mass is 418 g/mol. The minimum Gasteiger partial charge on any atom is -0.496 e. The third kappa shape index (κ3) is 4.77. The first kappa shape index (κ1) is 21.3. The molecule has 1 amide bonds. The van der Waals surface area contributed by atoms with E-state index in [0.29, 0.717) is 30.1 Å². The number of ether oxygens (including phenoxy) is 2. The maximum absolute atomic E-state index is 12.9. The molecule has 0 aromatic heterocycles. The molecule has 1 heterocycles. The van der Waals surface area contributed by atoms with Crippen molar-refractivity contribution in [2.75, 3.05) is 25.5 Å². The van der Waals surface area contributed by atoms with Gasteiger partial charge in [-0.05, 0) is 62.7 Å². The minimum absolute atomic E-state index is 0.154. The second-order valence-electron chi connectivity index (χ2n) is 7.24. The number of hydrogen-bond acceptors (Lipinski definition) is 5. The Morgan fingerprint density at radius 1 is 1.10 bits per heavy atom. The van der Waals surface area contributed by atoms with Gasteiger partial charge in [0.15, 0.2) is 0 Å². The lowest BCUT2D eigenvalue weighted by Gasteiger charge is -2.34. The van der Waals surface area contributed by atoms with E-state index in [9.17, 15) is 13.2 Å². The summed E-state index contributed by atoms with van der Waals surface area (Å²) in [4.78, 5) is 12.7. The van der Waals surface area contributed by atoms with Crippen LogP contribution in [-0.4, -0.2) is 51.0 Å². The van der Waals surface area contributed by atoms with Gasteiger partial charge in [0, 0.05) is 24.3 Å². The Morgan fingerprint density at radius 2 is 1.72 bits per heavy atom. The summed E-state index contributed by atoms with van der Waals surface area (Å²) in [5, 5.41) is 2.78. The second-order valence-corrected chi connectivity index (χ2v) is 9.18. The van der Waals surface area contributed by atoms with Gasteiger partial charge in [0.05, 0.1) is 24.2 Å². The van der Waals surface area contributed by atoms with Gasteiger partial charge in [0.25, 0.3) is 5.91 Å². The Labute approximate surface area is 171 Å². The van der Waals surface area contributed by atoms with E-state index in [2.05, 4.69) is 5.32 Å². The van der Waals surface area contributed by atoms with Crippen molar-refractivity contribution < 1.29 is 22.7 Å². The molecule has 0 aliphatic carbocycles. The number of benzene rings is 2. The fourth-order valence-electron chi connectivity index (χ4n) is 3.35. The molecule has 0 bridgehead atoms. The molecule has 0 spiro atoms. The van der Waals surface area contributed by atoms with Crippen LogP contribution in [0.2, 0.25) is 0 Å². The van der Waals surface area contributed by atoms with Crippen LogP contribution < -0.4 is 10.1 Å². The fourth-order valence-corrected chi connectivity index (χ4v) is 4.94. The zero-order valence-electron chi connectivity index (χ0n) is 17.0. The van der Waals surface area contributed by atoms with Gasteiger partial charge in [-0.25, -0.2) is 8.42 Å². The van der Waals surface area contributed by atoms with Gasteiger partial charge in [0.2, 0.25) is 10.0 Å². The molecule has 1 N–H and O–H groups in total. The van der Waals surface area contributed by atoms with Gasteiger partial charge in [-0.3, -0.25) is 4.79 Å². The van der Waals surface area contributed by atoms with Crippen LogP contribution in [0.1, 0.15) is 29.8 Å². The first-order valence-electron chi connectivity index (χ1n) is 9.42. The third-order valence-electron chi connectivity index (χ3n) is 4.81. The number of anilines is 1. The van der Waals surface area contributed by atoms with Crippen molar-refractivity contribution in [2.45, 2.75) is 37.9 Å². The third-order valence-corrected chi connectivity index (χ3v) is 6.65. The summed E-state index contributed by atoms with van der Waals surface area (Å²) in [5.41, 5.74) is 1.91. The SMILES string of the molecule is COc1cc(C(=O)Nc2ccc(S(=O)(=O)N3C[C@@H](C)O[C@@H](C)C3)cc2)ccc1C. The van der Waals surface area contributed by atoms with Gasteiger partial charge in [-0.2, -0.15) is 4.31 Å². The lowest BCUT2D eigenvalue weighted by molar-refractivity contribution is -0.0440. The molecule has 7 nitrogen and oxygen atoms in total. The van der Waals surface area contributed by atoms with Crippen molar-refractivity contribution >= 4 is 21.6 Å². The summed E-state index contributed by atoms with van der Waals surface area (Å²) < 4.78 is 38.1. The van der Waals surface area contributed by atoms with E-state index in [1.165, 1.54) is 16.4 Å². The molecule has 2 aromatic carbocycles. The van der Waals surface area contributed by atoms with E-state index < -0.39 is 10.0 Å². The molecule has 0 radical (unpaired) electrons. The Bertz CT molecular complexity index is 979. The highest BCUT2D eigenvalue weighted by Crippen LogP contribution is 2.23. The van der Waals surface area contributed by atoms with E-state index in [-0.39, 0.29) is 23.0 Å². The van der Waals surface area contributed by atoms with Crippen molar-refractivity contribution in [2.24, 2.45) is 0 Å². The summed E-state index contributed by atoms with van der Waals surface area (Å²) in [6.07, 6.45) is -0.308. The maximum Gasteiger partial charge on any atom is 0.255 e. The van der Waals surface area contributed by atoms with Crippen LogP contribution in [0.25, 0.3) is 0 Å². The number of carbonyl (C=O) groups is 1. The number of carbonyl (C=O) groups excluding carboxylic acids is 1. The zero-order valence-corrected chi connectivity index (χ0v) is 17.8. The second kappa shape index (κ2) is 8.52. The number of morpholine rings is 1. The van der Waals surface area contributed by atoms with Crippen molar-refractivity contribution in [1.29, 1.82) is 0 Å². The van der Waals surface area contributed by atoms with E-state index in [4.69, 9.17) is 9.47 Å². The van der Waals surface area contributed by atoms with E-state index in [0.717, 1.165) is 5.56 Å². The van der Waals surface area contributed by atoms with Crippen LogP contribution >= 0.6 is 0 Å². The summed E-state index contributed by atoms with van der Waals surface area (Å²) in [7, 11) is -2.06. The minimum atomic E-state index is -3.61. The smallest absolute Gasteiger partial charge is 0.255 e. The molecule has 0 unspecified atom stereocenters. The fraction of sp³-hybridized carbons (Fsp3) is 0.381. The molecule has 1 aliphatic heterocycles. The van der Waals surface area contributed by atoms with Crippen LogP contribution in [0, 0.1) is 6.92 Å². The van der Waals surface area contributed by atoms with Crippen molar-refractivity contribution in [3.05, 3.63) is 53.6 Å². The molecule has 1 aliphatic rings. The maximum atomic E-state index is 12.9. The Morgan fingerprint density at radius 3 is 2.31 bits per heavy atom. The highest BCUT2D eigenvalue weighted by molar-refractivity contribution is 7.89. The van der Waals surface area contributed by atoms with Crippen LogP contribution in [-0.2, 0) is 14.8 Å². The number of sulfonamides is 1. The predicted octanol–water partition coefficient (Wildman–Crippen LogP) is 3.05. The largest absolute Gasteiger partial charge is 0.496 e. The van der Waals surface area contributed by atoms with E-state index >= 15 is 0 Å². The number of methoxy groups -OCH3 is 1. The topological polar surface area (TPSA) is 84.9 Å². The Balaban J connectivity index is 1.74. The first-order valence-corrected chi connectivity index (χ1v) is 10.9. The number of nitrogens with one attached hydrogen (secondary N) is 1. The lowest BCUT2D eigenvalue weighted by atomic mass is 10.1. The molecular formula is C21H26N2O5S. The molecule has 29 heavy (non-hydrogen) atoms. The highest BCUT2D eigenvalue weighted by Gasteiger charge is 2.32. The molecule has 2 atom stereocenters. The predicted molar refractivity (Wildman–Crippen MR) is 111 cm³/mol. The molecule has 1 fully saturated rings. The number of hydrogen-bond donors (Lipinski definition) is 1. The molecule has 3 rings (SSSR count). The van der Waals surface area contributed by atoms with Crippen LogP contribution in [0.3, 0.4) is 0 Å². The number of rotatable bonds is 5. The van der Waals surface area contributed by atoms with Crippen molar-refractivity contribution in [3.8, 4) is 5.75 Å². The normalized spacial score (nSPS) is 20.3. The quantitative estimate of drug-likeness (QED) is 0.807. The summed E-state index contributed by atoms with van der Waals surface area (Å²) in [5.74, 6) is 0.336. The zero-order chi connectivity index (χ0) is 21.2. The average Bonchev–Trinajstić information content (AvgIpc) is 2.68. The molecular weight excluding hydrogens is 392 g/mol. The van der Waals surface area contributed by atoms with Gasteiger partial charge >= 0.3 is 0 Å². The van der Waals surface area contributed by atoms with Gasteiger partial charge in [0.1, 0.15) is 5.75 Å². The standard InChI is InChI=1S/C21H26N2O5S/c1-14-5-6-17(11-20(14)27-4)21(24)22-18-7-9-19(10-8-18)29(25,26)23-12-15(2)28-16(3)13-23/h5-11,15-16H,12-13H2,1-4H3,(H,22,24)/t15-,16+. The summed E-state index contributed by atoms with van der Waals surface area (Å²) >= 11 is 0. The molecule has 0 saturated carbocycles. The van der Waals surface area contributed by atoms with Gasteiger partial charge in [-0.15, -0.1) is 0 Å². The van der Waals surface area contributed by atoms with Crippen molar-refractivity contribution in [1.82, 2.24) is 4.31 Å². The lowest BCUT2D eigenvalue weighted by Crippen LogP contribution is -2.48. The number of aryl methyl sites for hydroxylation is 1. The molecule has 8 heteroatoms. The molecule has 2 aromatic rings. The summed E-state index contributed by atoms with van der Waals surface area (Å²) in [6.45, 7) is 6.25. The van der Waals surface area contributed by atoms with E-state index in [1.807, 2.05) is 26.8 Å². The van der Waals surface area contributed by atoms with Crippen molar-refractivity contribution in [3.63, 3.8) is 0 Å². The number of nitrogens with zero attached hydrogens (tertiary/aromatic N) is 1. The Kier molecular flexibility index (Phi) is 6.26. The summed E-state index contributed by atoms with van der Waals surface area (Å²) in [6, 6.07) is 11.4. The molecule has 156 valence electrons. The van der Waals surface area contributed by atoms with Gasteiger partial charge < -0.3 is 14.8 Å². The van der Waals surface area contributed by atoms with Crippen LogP contribution in [0.5, 0.6) is 5.75 Å². The highest BCUT2D eigenvalue weighted by atomic mass is 32.2. The Hall–Kier alpha value is -2.42. The number of amides is 1. The van der Waals surface area contributed by atoms with Crippen LogP contribution in [0.15, 0.2) is 47.4 Å². The van der Waals surface area contributed by atoms with Crippen LogP contribution in [0.4, 0.5) is 5.69 Å². The molecule has 1 saturated heterocycles.